The molecule has 1 saturated heterocycles. The Bertz CT molecular complexity index is 1690. The number of carbonyl (C=O) groups is 1. The molecule has 0 radical (unpaired) electrons. The van der Waals surface area contributed by atoms with E-state index in [0.29, 0.717) is 11.5 Å². The molecule has 1 spiro atoms. The highest BCUT2D eigenvalue weighted by Gasteiger charge is 2.69. The molecule has 0 bridgehead atoms. The zero-order valence-electron chi connectivity index (χ0n) is 20.7. The van der Waals surface area contributed by atoms with Gasteiger partial charge in [-0.05, 0) is 55.0 Å². The van der Waals surface area contributed by atoms with E-state index >= 15 is 0 Å². The van der Waals surface area contributed by atoms with E-state index in [1.54, 1.807) is 41.1 Å². The molecule has 0 N–H and O–H groups in total. The third-order valence-corrected chi connectivity index (χ3v) is 9.14. The maximum atomic E-state index is 14.3. The maximum Gasteiger partial charge on any atom is 0.283 e. The Hall–Kier alpha value is -3.75. The summed E-state index contributed by atoms with van der Waals surface area (Å²) >= 11 is 3.49. The van der Waals surface area contributed by atoms with Gasteiger partial charge in [0, 0.05) is 28.5 Å². The number of hydrogen-bond donors (Lipinski definition) is 0. The summed E-state index contributed by atoms with van der Waals surface area (Å²) in [5, 5.41) is 0. The summed E-state index contributed by atoms with van der Waals surface area (Å²) in [7, 11) is -2.31. The lowest BCUT2D eigenvalue weighted by molar-refractivity contribution is -0.123. The van der Waals surface area contributed by atoms with Crippen molar-refractivity contribution in [3.63, 3.8) is 0 Å². The molecule has 2 heterocycles. The number of carbonyl (C=O) groups excluding carboxylic acids is 1. The highest BCUT2D eigenvalue weighted by molar-refractivity contribution is 9.10. The van der Waals surface area contributed by atoms with Crippen LogP contribution in [0.4, 0.5) is 11.4 Å². The van der Waals surface area contributed by atoms with Crippen molar-refractivity contribution in [1.82, 2.24) is 0 Å². The Kier molecular flexibility index (Phi) is 5.77. The SMILES string of the molecule is Cc1ccc(S(=O)(=O)/N=C2\[C@H](c3ccccc3)[C@]3(C(=O)N(C)c4ccccc43)N2c2ccc(Br)cc2)cc1. The van der Waals surface area contributed by atoms with Crippen LogP contribution in [0.5, 0.6) is 0 Å². The van der Waals surface area contributed by atoms with Crippen LogP contribution >= 0.6 is 15.9 Å². The van der Waals surface area contributed by atoms with E-state index in [9.17, 15) is 13.2 Å². The number of likely N-dealkylation sites (N-methyl/N-ethyl adjacent to an activating group) is 1. The molecule has 2 aliphatic heterocycles. The summed E-state index contributed by atoms with van der Waals surface area (Å²) in [6.07, 6.45) is 0. The zero-order valence-corrected chi connectivity index (χ0v) is 23.1. The van der Waals surface area contributed by atoms with Crippen molar-refractivity contribution in [3.05, 3.63) is 124 Å². The number of halogens is 1. The molecule has 0 aromatic heterocycles. The van der Waals surface area contributed by atoms with Gasteiger partial charge in [0.2, 0.25) is 0 Å². The molecule has 6 rings (SSSR count). The normalized spacial score (nSPS) is 21.6. The number of nitrogens with zero attached hydrogens (tertiary/aromatic N) is 3. The predicted molar refractivity (Wildman–Crippen MR) is 153 cm³/mol. The minimum Gasteiger partial charge on any atom is -0.313 e. The van der Waals surface area contributed by atoms with Gasteiger partial charge in [0.1, 0.15) is 5.84 Å². The van der Waals surface area contributed by atoms with Gasteiger partial charge in [0.15, 0.2) is 5.54 Å². The predicted octanol–water partition coefficient (Wildman–Crippen LogP) is 6.02. The standard InChI is InChI=1S/C30H24BrN3O3S/c1-20-12-18-24(19-13-20)38(36,37)32-28-27(21-8-4-3-5-9-21)30(34(28)23-16-14-22(31)15-17-23)25-10-6-7-11-26(25)33(2)29(30)35/h3-19,27H,1-2H3/b32-28+/t27-,30+/m0/s1. The lowest BCUT2D eigenvalue weighted by Crippen LogP contribution is -2.71. The Morgan fingerprint density at radius 2 is 1.47 bits per heavy atom. The molecule has 4 aromatic rings. The molecule has 2 atom stereocenters. The highest BCUT2D eigenvalue weighted by Crippen LogP contribution is 2.60. The smallest absolute Gasteiger partial charge is 0.283 e. The first-order valence-electron chi connectivity index (χ1n) is 12.1. The van der Waals surface area contributed by atoms with Gasteiger partial charge in [-0.1, -0.05) is 82.2 Å². The van der Waals surface area contributed by atoms with Crippen molar-refractivity contribution in [2.24, 2.45) is 4.40 Å². The molecule has 1 fully saturated rings. The van der Waals surface area contributed by atoms with Crippen molar-refractivity contribution in [2.75, 3.05) is 16.8 Å². The van der Waals surface area contributed by atoms with Gasteiger partial charge in [-0.15, -0.1) is 4.40 Å². The molecule has 2 aliphatic rings. The number of benzene rings is 4. The Balaban J connectivity index is 1.65. The topological polar surface area (TPSA) is 70.0 Å². The fraction of sp³-hybridized carbons (Fsp3) is 0.133. The van der Waals surface area contributed by atoms with E-state index in [2.05, 4.69) is 20.3 Å². The fourth-order valence-corrected chi connectivity index (χ4v) is 6.85. The van der Waals surface area contributed by atoms with Crippen LogP contribution in [-0.2, 0) is 20.4 Å². The second kappa shape index (κ2) is 8.92. The van der Waals surface area contributed by atoms with Gasteiger partial charge in [-0.3, -0.25) is 4.79 Å². The number of hydrogen-bond acceptors (Lipinski definition) is 3. The van der Waals surface area contributed by atoms with Crippen molar-refractivity contribution >= 4 is 49.1 Å². The highest BCUT2D eigenvalue weighted by atomic mass is 79.9. The summed E-state index contributed by atoms with van der Waals surface area (Å²) in [6, 6.07) is 31.3. The Morgan fingerprint density at radius 1 is 0.842 bits per heavy atom. The van der Waals surface area contributed by atoms with Gasteiger partial charge in [0.25, 0.3) is 15.9 Å². The molecular weight excluding hydrogens is 562 g/mol. The average molecular weight is 587 g/mol. The average Bonchev–Trinajstić information content (AvgIpc) is 3.14. The van der Waals surface area contributed by atoms with Gasteiger partial charge in [-0.25, -0.2) is 0 Å². The molecule has 1 amide bonds. The van der Waals surface area contributed by atoms with Crippen LogP contribution in [-0.4, -0.2) is 27.2 Å². The minimum absolute atomic E-state index is 0.106. The molecular formula is C30H24BrN3O3S. The van der Waals surface area contributed by atoms with Gasteiger partial charge < -0.3 is 9.80 Å². The van der Waals surface area contributed by atoms with E-state index in [4.69, 9.17) is 0 Å². The van der Waals surface area contributed by atoms with Crippen molar-refractivity contribution in [1.29, 1.82) is 0 Å². The van der Waals surface area contributed by atoms with Crippen LogP contribution in [0.2, 0.25) is 0 Å². The van der Waals surface area contributed by atoms with E-state index < -0.39 is 21.5 Å². The first kappa shape index (κ1) is 24.6. The lowest BCUT2D eigenvalue weighted by atomic mass is 9.65. The summed E-state index contributed by atoms with van der Waals surface area (Å²) in [5.74, 6) is -0.453. The largest absolute Gasteiger partial charge is 0.313 e. The van der Waals surface area contributed by atoms with Crippen LogP contribution < -0.4 is 9.80 Å². The van der Waals surface area contributed by atoms with Crippen LogP contribution in [0.15, 0.2) is 117 Å². The molecule has 6 nitrogen and oxygen atoms in total. The van der Waals surface area contributed by atoms with Crippen LogP contribution in [0.3, 0.4) is 0 Å². The second-order valence-corrected chi connectivity index (χ2v) is 12.1. The summed E-state index contributed by atoms with van der Waals surface area (Å²) in [5.41, 5.74) is 2.86. The zero-order chi connectivity index (χ0) is 26.7. The number of anilines is 2. The van der Waals surface area contributed by atoms with Crippen molar-refractivity contribution in [3.8, 4) is 0 Å². The molecule has 8 heteroatoms. The third-order valence-electron chi connectivity index (χ3n) is 7.31. The van der Waals surface area contributed by atoms with E-state index in [1.807, 2.05) is 85.8 Å². The summed E-state index contributed by atoms with van der Waals surface area (Å²) in [4.78, 5) is 17.9. The van der Waals surface area contributed by atoms with E-state index in [1.165, 1.54) is 0 Å². The third kappa shape index (κ3) is 3.55. The number of rotatable bonds is 4. The number of amides is 1. The Morgan fingerprint density at radius 3 is 2.16 bits per heavy atom. The Labute approximate surface area is 230 Å². The van der Waals surface area contributed by atoms with Gasteiger partial charge in [0.05, 0.1) is 10.8 Å². The number of aryl methyl sites for hydroxylation is 1. The van der Waals surface area contributed by atoms with E-state index in [-0.39, 0.29) is 10.8 Å². The lowest BCUT2D eigenvalue weighted by Gasteiger charge is -2.57. The number of sulfonamides is 1. The van der Waals surface area contributed by atoms with Gasteiger partial charge >= 0.3 is 0 Å². The van der Waals surface area contributed by atoms with Crippen LogP contribution in [0, 0.1) is 6.92 Å². The molecule has 0 unspecified atom stereocenters. The first-order chi connectivity index (χ1) is 18.2. The number of para-hydroxylation sites is 1. The second-order valence-electron chi connectivity index (χ2n) is 9.54. The fourth-order valence-electron chi connectivity index (χ4n) is 5.56. The number of amidine groups is 1. The van der Waals surface area contributed by atoms with Crippen LogP contribution in [0.25, 0.3) is 0 Å². The summed E-state index contributed by atoms with van der Waals surface area (Å²) in [6.45, 7) is 1.90. The molecule has 190 valence electrons. The molecule has 0 aliphatic carbocycles. The van der Waals surface area contributed by atoms with E-state index in [0.717, 1.165) is 26.9 Å². The number of fused-ring (bicyclic) bond motifs is 2. The molecule has 4 aromatic carbocycles. The monoisotopic (exact) mass is 585 g/mol. The van der Waals surface area contributed by atoms with Gasteiger partial charge in [-0.2, -0.15) is 8.42 Å². The summed E-state index contributed by atoms with van der Waals surface area (Å²) < 4.78 is 32.6. The maximum absolute atomic E-state index is 14.3. The van der Waals surface area contributed by atoms with Crippen LogP contribution in [0.1, 0.15) is 22.6 Å². The minimum atomic E-state index is -4.07. The molecule has 0 saturated carbocycles. The first-order valence-corrected chi connectivity index (χ1v) is 14.4. The molecule has 38 heavy (non-hydrogen) atoms. The van der Waals surface area contributed by atoms with Crippen molar-refractivity contribution in [2.45, 2.75) is 23.3 Å². The quantitative estimate of drug-likeness (QED) is 0.293. The van der Waals surface area contributed by atoms with Crippen molar-refractivity contribution < 1.29 is 13.2 Å².